The molecule has 16 heavy (non-hydrogen) atoms. The third kappa shape index (κ3) is 1.68. The van der Waals surface area contributed by atoms with Gasteiger partial charge in [-0.25, -0.2) is 12.8 Å². The monoisotopic (exact) mass is 245 g/mol. The Morgan fingerprint density at radius 1 is 1.56 bits per heavy atom. The highest BCUT2D eigenvalue weighted by molar-refractivity contribution is 7.91. The molecule has 0 radical (unpaired) electrons. The number of hydrogen-bond donors (Lipinski definition) is 1. The number of nitrogens with zero attached hydrogens (tertiary/aromatic N) is 1. The number of likely N-dealkylation sites (N-methyl/N-ethyl adjacent to an activating group) is 1. The maximum atomic E-state index is 13.0. The van der Waals surface area contributed by atoms with Gasteiger partial charge in [-0.2, -0.15) is 0 Å². The third-order valence-electron chi connectivity index (χ3n) is 2.81. The molecule has 1 N–H and O–H groups in total. The van der Waals surface area contributed by atoms with E-state index in [9.17, 15) is 12.8 Å². The van der Waals surface area contributed by atoms with E-state index in [0.29, 0.717) is 5.69 Å². The van der Waals surface area contributed by atoms with Gasteiger partial charge in [0.15, 0.2) is 9.84 Å². The van der Waals surface area contributed by atoms with E-state index in [1.165, 1.54) is 12.1 Å². The summed E-state index contributed by atoms with van der Waals surface area (Å²) in [5, 5.41) is 9.09. The van der Waals surface area contributed by atoms with Crippen molar-refractivity contribution in [1.29, 1.82) is 0 Å². The lowest BCUT2D eigenvalue weighted by Crippen LogP contribution is -2.44. The average molecular weight is 245 g/mol. The van der Waals surface area contributed by atoms with Gasteiger partial charge in [0.05, 0.1) is 29.0 Å². The van der Waals surface area contributed by atoms with Crippen molar-refractivity contribution in [2.45, 2.75) is 10.9 Å². The Labute approximate surface area is 93.2 Å². The van der Waals surface area contributed by atoms with Gasteiger partial charge in [-0.1, -0.05) is 0 Å². The van der Waals surface area contributed by atoms with E-state index in [0.717, 1.165) is 6.07 Å². The Balaban J connectivity index is 2.63. The molecule has 1 aliphatic heterocycles. The minimum atomic E-state index is -3.50. The van der Waals surface area contributed by atoms with E-state index in [-0.39, 0.29) is 17.3 Å². The Bertz CT molecular complexity index is 515. The van der Waals surface area contributed by atoms with Gasteiger partial charge in [-0.05, 0) is 18.2 Å². The number of anilines is 1. The van der Waals surface area contributed by atoms with Crippen LogP contribution in [0.4, 0.5) is 10.1 Å². The first-order chi connectivity index (χ1) is 7.45. The zero-order chi connectivity index (χ0) is 11.9. The number of benzene rings is 1. The van der Waals surface area contributed by atoms with E-state index in [1.807, 2.05) is 0 Å². The highest BCUT2D eigenvalue weighted by Gasteiger charge is 2.33. The van der Waals surface area contributed by atoms with E-state index >= 15 is 0 Å². The van der Waals surface area contributed by atoms with Gasteiger partial charge in [-0.3, -0.25) is 0 Å². The van der Waals surface area contributed by atoms with Crippen molar-refractivity contribution in [3.63, 3.8) is 0 Å². The van der Waals surface area contributed by atoms with Gasteiger partial charge >= 0.3 is 0 Å². The van der Waals surface area contributed by atoms with Crippen LogP contribution in [0.2, 0.25) is 0 Å². The lowest BCUT2D eigenvalue weighted by atomic mass is 10.2. The summed E-state index contributed by atoms with van der Waals surface area (Å²) in [6.07, 6.45) is 0. The van der Waals surface area contributed by atoms with Gasteiger partial charge in [-0.15, -0.1) is 0 Å². The molecule has 1 aromatic rings. The van der Waals surface area contributed by atoms with E-state index in [4.69, 9.17) is 5.11 Å². The second-order valence-corrected chi connectivity index (χ2v) is 5.84. The molecule has 4 nitrogen and oxygen atoms in total. The Morgan fingerprint density at radius 2 is 2.25 bits per heavy atom. The number of fused-ring (bicyclic) bond motifs is 1. The smallest absolute Gasteiger partial charge is 0.182 e. The molecular weight excluding hydrogens is 233 g/mol. The molecule has 0 aliphatic carbocycles. The zero-order valence-corrected chi connectivity index (χ0v) is 9.54. The van der Waals surface area contributed by atoms with Crippen LogP contribution >= 0.6 is 0 Å². The molecule has 2 rings (SSSR count). The molecule has 0 saturated heterocycles. The molecule has 0 fully saturated rings. The minimum Gasteiger partial charge on any atom is -0.394 e. The summed E-state index contributed by atoms with van der Waals surface area (Å²) < 4.78 is 36.7. The van der Waals surface area contributed by atoms with Crippen LogP contribution < -0.4 is 4.90 Å². The van der Waals surface area contributed by atoms with Crippen molar-refractivity contribution >= 4 is 15.5 Å². The number of aliphatic hydroxyl groups is 1. The molecule has 6 heteroatoms. The Kier molecular flexibility index (Phi) is 2.63. The van der Waals surface area contributed by atoms with Gasteiger partial charge < -0.3 is 10.0 Å². The molecule has 0 saturated carbocycles. The topological polar surface area (TPSA) is 57.6 Å². The molecule has 0 amide bonds. The van der Waals surface area contributed by atoms with Crippen LogP contribution in [0.25, 0.3) is 0 Å². The first-order valence-corrected chi connectivity index (χ1v) is 6.47. The van der Waals surface area contributed by atoms with Crippen LogP contribution in [-0.4, -0.2) is 39.0 Å². The Hall–Kier alpha value is -1.14. The summed E-state index contributed by atoms with van der Waals surface area (Å²) in [6, 6.07) is 3.19. The van der Waals surface area contributed by atoms with Crippen molar-refractivity contribution in [2.24, 2.45) is 0 Å². The maximum absolute atomic E-state index is 13.0. The van der Waals surface area contributed by atoms with Crippen LogP contribution in [0.15, 0.2) is 23.1 Å². The summed E-state index contributed by atoms with van der Waals surface area (Å²) >= 11 is 0. The van der Waals surface area contributed by atoms with Crippen LogP contribution in [0, 0.1) is 5.82 Å². The highest BCUT2D eigenvalue weighted by Crippen LogP contribution is 2.32. The predicted molar refractivity (Wildman–Crippen MR) is 57.7 cm³/mol. The Morgan fingerprint density at radius 3 is 2.88 bits per heavy atom. The summed E-state index contributed by atoms with van der Waals surface area (Å²) in [5.74, 6) is -0.755. The zero-order valence-electron chi connectivity index (χ0n) is 8.72. The molecule has 0 bridgehead atoms. The minimum absolute atomic E-state index is 0.000278. The molecule has 0 spiro atoms. The number of aliphatic hydroxyl groups excluding tert-OH is 1. The molecular formula is C10H12FNO3S. The van der Waals surface area contributed by atoms with Crippen LogP contribution in [-0.2, 0) is 9.84 Å². The highest BCUT2D eigenvalue weighted by atomic mass is 32.2. The van der Waals surface area contributed by atoms with Crippen molar-refractivity contribution in [3.05, 3.63) is 24.0 Å². The number of halogens is 1. The average Bonchev–Trinajstić information content (AvgIpc) is 2.23. The van der Waals surface area contributed by atoms with Gasteiger partial charge in [0, 0.05) is 7.05 Å². The SMILES string of the molecule is CN1c2ccc(F)cc2S(=O)(=O)CC1CO. The van der Waals surface area contributed by atoms with Crippen LogP contribution in [0.3, 0.4) is 0 Å². The predicted octanol–water partition coefficient (Wildman–Crippen LogP) is 0.410. The largest absolute Gasteiger partial charge is 0.394 e. The molecule has 1 unspecified atom stereocenters. The fourth-order valence-corrected chi connectivity index (χ4v) is 3.69. The van der Waals surface area contributed by atoms with Crippen LogP contribution in [0.5, 0.6) is 0 Å². The van der Waals surface area contributed by atoms with Gasteiger partial charge in [0.1, 0.15) is 5.82 Å². The molecule has 1 aromatic carbocycles. The second kappa shape index (κ2) is 3.71. The van der Waals surface area contributed by atoms with Crippen LogP contribution in [0.1, 0.15) is 0 Å². The summed E-state index contributed by atoms with van der Waals surface area (Å²) in [6.45, 7) is -0.244. The maximum Gasteiger partial charge on any atom is 0.182 e. The lowest BCUT2D eigenvalue weighted by Gasteiger charge is -2.34. The second-order valence-electron chi connectivity index (χ2n) is 3.84. The molecule has 1 atom stereocenters. The normalized spacial score (nSPS) is 22.9. The van der Waals surface area contributed by atoms with Crippen molar-refractivity contribution in [2.75, 3.05) is 24.3 Å². The molecule has 88 valence electrons. The number of sulfone groups is 1. The summed E-state index contributed by atoms with van der Waals surface area (Å²) in [4.78, 5) is 1.66. The standard InChI is InChI=1S/C10H12FNO3S/c1-12-8(5-13)6-16(14,15)10-4-7(11)2-3-9(10)12/h2-4,8,13H,5-6H2,1H3. The fourth-order valence-electron chi connectivity index (χ4n) is 1.86. The van der Waals surface area contributed by atoms with Crippen molar-refractivity contribution in [1.82, 2.24) is 0 Å². The number of hydrogen-bond acceptors (Lipinski definition) is 4. The molecule has 0 aromatic heterocycles. The summed E-state index contributed by atoms with van der Waals surface area (Å²) in [7, 11) is -1.81. The van der Waals surface area contributed by atoms with E-state index < -0.39 is 21.7 Å². The first-order valence-electron chi connectivity index (χ1n) is 4.81. The number of rotatable bonds is 1. The fraction of sp³-hybridized carbons (Fsp3) is 0.400. The molecule has 1 aliphatic rings. The lowest BCUT2D eigenvalue weighted by molar-refractivity contribution is 0.269. The quantitative estimate of drug-likeness (QED) is 0.778. The first kappa shape index (κ1) is 11.3. The summed E-state index contributed by atoms with van der Waals surface area (Å²) in [5.41, 5.74) is 0.437. The van der Waals surface area contributed by atoms with Gasteiger partial charge in [0.2, 0.25) is 0 Å². The van der Waals surface area contributed by atoms with Gasteiger partial charge in [0.25, 0.3) is 0 Å². The van der Waals surface area contributed by atoms with Crippen molar-refractivity contribution < 1.29 is 17.9 Å². The van der Waals surface area contributed by atoms with E-state index in [2.05, 4.69) is 0 Å². The van der Waals surface area contributed by atoms with E-state index in [1.54, 1.807) is 11.9 Å². The van der Waals surface area contributed by atoms with Crippen molar-refractivity contribution in [3.8, 4) is 0 Å². The molecule has 1 heterocycles. The third-order valence-corrected chi connectivity index (χ3v) is 4.63.